The van der Waals surface area contributed by atoms with Crippen molar-refractivity contribution < 1.29 is 23.8 Å². The normalized spacial score (nSPS) is 15.7. The predicted octanol–water partition coefficient (Wildman–Crippen LogP) is 4.58. The van der Waals surface area contributed by atoms with Gasteiger partial charge in [-0.25, -0.2) is 14.4 Å². The van der Waals surface area contributed by atoms with Crippen LogP contribution in [0.15, 0.2) is 53.6 Å². The number of hydrazone groups is 1. The number of ether oxygens (including phenoxy) is 1. The summed E-state index contributed by atoms with van der Waals surface area (Å²) in [5, 5.41) is 15.7. The molecule has 2 aromatic carbocycles. The van der Waals surface area contributed by atoms with Gasteiger partial charge in [0.2, 0.25) is 5.91 Å². The molecule has 0 aliphatic carbocycles. The predicted molar refractivity (Wildman–Crippen MR) is 117 cm³/mol. The van der Waals surface area contributed by atoms with Crippen molar-refractivity contribution in [2.24, 2.45) is 5.10 Å². The van der Waals surface area contributed by atoms with Crippen molar-refractivity contribution in [3.8, 4) is 5.75 Å². The molecule has 1 aliphatic heterocycles. The van der Waals surface area contributed by atoms with Crippen molar-refractivity contribution in [2.75, 3.05) is 7.11 Å². The van der Waals surface area contributed by atoms with Crippen molar-refractivity contribution in [1.29, 1.82) is 0 Å². The van der Waals surface area contributed by atoms with Crippen LogP contribution in [-0.2, 0) is 9.59 Å². The average molecular weight is 456 g/mol. The molecule has 7 nitrogen and oxygen atoms in total. The topological polar surface area (TPSA) is 92.1 Å². The number of carboxylic acid groups (broad SMARTS) is 1. The Morgan fingerprint density at radius 1 is 1.19 bits per heavy atom. The molecule has 1 N–H and O–H groups in total. The lowest BCUT2D eigenvalue weighted by Crippen LogP contribution is -2.27. The maximum absolute atomic E-state index is 13.4. The fourth-order valence-electron chi connectivity index (χ4n) is 3.64. The molecular weight excluding hydrogens is 437 g/mol. The number of carboxylic acids is 1. The van der Waals surface area contributed by atoms with Gasteiger partial charge in [-0.3, -0.25) is 9.59 Å². The van der Waals surface area contributed by atoms with Gasteiger partial charge in [0.25, 0.3) is 0 Å². The summed E-state index contributed by atoms with van der Waals surface area (Å²) in [6, 6.07) is 12.4. The number of amides is 1. The van der Waals surface area contributed by atoms with E-state index in [1.165, 1.54) is 17.1 Å². The minimum absolute atomic E-state index is 0.210. The lowest BCUT2D eigenvalue weighted by atomic mass is 9.98. The lowest BCUT2D eigenvalue weighted by molar-refractivity contribution is -0.141. The Bertz CT molecular complexity index is 1230. The summed E-state index contributed by atoms with van der Waals surface area (Å²) in [5.41, 5.74) is 2.48. The van der Waals surface area contributed by atoms with Gasteiger partial charge in [0.15, 0.2) is 0 Å². The maximum Gasteiger partial charge on any atom is 0.303 e. The van der Waals surface area contributed by atoms with Crippen LogP contribution in [0.1, 0.15) is 36.4 Å². The highest BCUT2D eigenvalue weighted by molar-refractivity contribution is 6.30. The van der Waals surface area contributed by atoms with E-state index in [1.54, 1.807) is 31.4 Å². The Balaban J connectivity index is 1.74. The summed E-state index contributed by atoms with van der Waals surface area (Å²) in [5.74, 6) is -1.25. The number of halogens is 2. The van der Waals surface area contributed by atoms with Crippen LogP contribution in [0.3, 0.4) is 0 Å². The SMILES string of the molecule is COc1ccc2nc(Cl)c(C3CC(c4ccc(F)cc4)=NN3C(=O)CCC(=O)O)cc2c1. The summed E-state index contributed by atoms with van der Waals surface area (Å²) < 4.78 is 18.6. The molecule has 0 radical (unpaired) electrons. The first-order valence-electron chi connectivity index (χ1n) is 9.87. The molecule has 1 aliphatic rings. The molecule has 1 aromatic heterocycles. The summed E-state index contributed by atoms with van der Waals surface area (Å²) in [4.78, 5) is 28.3. The molecule has 2 heterocycles. The van der Waals surface area contributed by atoms with E-state index < -0.39 is 17.9 Å². The summed E-state index contributed by atoms with van der Waals surface area (Å²) in [7, 11) is 1.56. The number of fused-ring (bicyclic) bond motifs is 1. The number of carbonyl (C=O) groups is 2. The zero-order valence-electron chi connectivity index (χ0n) is 17.1. The molecular formula is C23H19ClFN3O4. The Kier molecular flexibility index (Phi) is 6.05. The van der Waals surface area contributed by atoms with Gasteiger partial charge in [0.1, 0.15) is 16.7 Å². The van der Waals surface area contributed by atoms with E-state index in [2.05, 4.69) is 10.1 Å². The van der Waals surface area contributed by atoms with Gasteiger partial charge in [-0.15, -0.1) is 0 Å². The first kappa shape index (κ1) is 21.7. The molecule has 32 heavy (non-hydrogen) atoms. The molecule has 0 bridgehead atoms. The third-order valence-corrected chi connectivity index (χ3v) is 5.56. The lowest BCUT2D eigenvalue weighted by Gasteiger charge is -2.23. The number of benzene rings is 2. The Hall–Kier alpha value is -3.52. The Morgan fingerprint density at radius 3 is 2.62 bits per heavy atom. The van der Waals surface area contributed by atoms with Crippen molar-refractivity contribution >= 4 is 40.1 Å². The van der Waals surface area contributed by atoms with Crippen LogP contribution in [-0.4, -0.2) is 39.8 Å². The van der Waals surface area contributed by atoms with Crippen LogP contribution in [0.5, 0.6) is 5.75 Å². The molecule has 1 unspecified atom stereocenters. The molecule has 1 amide bonds. The third kappa shape index (κ3) is 4.40. The fraction of sp³-hybridized carbons (Fsp3) is 0.217. The number of hydrogen-bond acceptors (Lipinski definition) is 5. The molecule has 0 saturated heterocycles. The van der Waals surface area contributed by atoms with Crippen LogP contribution >= 0.6 is 11.6 Å². The molecule has 0 saturated carbocycles. The zero-order valence-corrected chi connectivity index (χ0v) is 17.8. The van der Waals surface area contributed by atoms with Crippen molar-refractivity contribution in [3.63, 3.8) is 0 Å². The van der Waals surface area contributed by atoms with E-state index in [0.29, 0.717) is 34.5 Å². The van der Waals surface area contributed by atoms with Crippen molar-refractivity contribution in [1.82, 2.24) is 9.99 Å². The number of hydrogen-bond donors (Lipinski definition) is 1. The first-order chi connectivity index (χ1) is 15.4. The third-order valence-electron chi connectivity index (χ3n) is 5.26. The second-order valence-electron chi connectivity index (χ2n) is 7.33. The van der Waals surface area contributed by atoms with Gasteiger partial charge in [-0.2, -0.15) is 5.10 Å². The number of carbonyl (C=O) groups excluding carboxylic acids is 1. The quantitative estimate of drug-likeness (QED) is 0.549. The van der Waals surface area contributed by atoms with E-state index in [1.807, 2.05) is 12.1 Å². The summed E-state index contributed by atoms with van der Waals surface area (Å²) >= 11 is 6.49. The molecule has 9 heteroatoms. The second-order valence-corrected chi connectivity index (χ2v) is 7.69. The van der Waals surface area contributed by atoms with Crippen LogP contribution in [0.25, 0.3) is 10.9 Å². The number of methoxy groups -OCH3 is 1. The van der Waals surface area contributed by atoms with Gasteiger partial charge in [0.05, 0.1) is 30.8 Å². The van der Waals surface area contributed by atoms with Gasteiger partial charge < -0.3 is 9.84 Å². The number of nitrogens with zero attached hydrogens (tertiary/aromatic N) is 3. The zero-order chi connectivity index (χ0) is 22.8. The highest BCUT2D eigenvalue weighted by atomic mass is 35.5. The van der Waals surface area contributed by atoms with Gasteiger partial charge in [-0.05, 0) is 42.0 Å². The van der Waals surface area contributed by atoms with E-state index >= 15 is 0 Å². The fourth-order valence-corrected chi connectivity index (χ4v) is 3.91. The van der Waals surface area contributed by atoms with Crippen LogP contribution < -0.4 is 4.74 Å². The number of aliphatic carboxylic acids is 1. The molecule has 0 fully saturated rings. The second kappa shape index (κ2) is 8.92. The number of aromatic nitrogens is 1. The van der Waals surface area contributed by atoms with E-state index in [9.17, 15) is 14.0 Å². The highest BCUT2D eigenvalue weighted by Gasteiger charge is 2.35. The first-order valence-corrected chi connectivity index (χ1v) is 10.2. The highest BCUT2D eigenvalue weighted by Crippen LogP contribution is 2.38. The molecule has 1 atom stereocenters. The summed E-state index contributed by atoms with van der Waals surface area (Å²) in [6.07, 6.45) is -0.204. The van der Waals surface area contributed by atoms with Crippen LogP contribution in [0, 0.1) is 5.82 Å². The largest absolute Gasteiger partial charge is 0.497 e. The standard InChI is InChI=1S/C23H19ClFN3O4/c1-32-16-6-7-18-14(10-16)11-17(23(24)26-18)20-12-19(13-2-4-15(25)5-3-13)27-28(20)21(29)8-9-22(30)31/h2-7,10-11,20H,8-9,12H2,1H3,(H,30,31). The van der Waals surface area contributed by atoms with Crippen LogP contribution in [0.2, 0.25) is 5.15 Å². The van der Waals surface area contributed by atoms with Gasteiger partial charge >= 0.3 is 5.97 Å². The van der Waals surface area contributed by atoms with Crippen LogP contribution in [0.4, 0.5) is 4.39 Å². The molecule has 0 spiro atoms. The van der Waals surface area contributed by atoms with Crippen molar-refractivity contribution in [2.45, 2.75) is 25.3 Å². The number of pyridine rings is 1. The summed E-state index contributed by atoms with van der Waals surface area (Å²) in [6.45, 7) is 0. The molecule has 4 rings (SSSR count). The van der Waals surface area contributed by atoms with E-state index in [0.717, 1.165) is 5.39 Å². The smallest absolute Gasteiger partial charge is 0.303 e. The van der Waals surface area contributed by atoms with Gasteiger partial charge in [0, 0.05) is 23.8 Å². The molecule has 3 aromatic rings. The Labute approximate surface area is 188 Å². The van der Waals surface area contributed by atoms with E-state index in [4.69, 9.17) is 21.4 Å². The Morgan fingerprint density at radius 2 is 1.94 bits per heavy atom. The monoisotopic (exact) mass is 455 g/mol. The van der Waals surface area contributed by atoms with Gasteiger partial charge in [-0.1, -0.05) is 23.7 Å². The minimum Gasteiger partial charge on any atom is -0.497 e. The van der Waals surface area contributed by atoms with E-state index in [-0.39, 0.29) is 23.8 Å². The maximum atomic E-state index is 13.4. The average Bonchev–Trinajstić information content (AvgIpc) is 3.22. The van der Waals surface area contributed by atoms with Crippen molar-refractivity contribution in [3.05, 3.63) is 70.6 Å². The molecule has 164 valence electrons. The number of rotatable bonds is 6. The minimum atomic E-state index is -1.07.